The molecule has 4 rings (SSSR count). The Bertz CT molecular complexity index is 1130. The average Bonchev–Trinajstić information content (AvgIpc) is 3.22. The molecular formula is C20H17N5S. The van der Waals surface area contributed by atoms with Gasteiger partial charge < -0.3 is 4.90 Å². The maximum Gasteiger partial charge on any atom is 0.229 e. The molecule has 0 amide bonds. The predicted octanol–water partition coefficient (Wildman–Crippen LogP) is 4.47. The second-order valence-electron chi connectivity index (χ2n) is 5.90. The number of thiophene rings is 1. The van der Waals surface area contributed by atoms with E-state index in [2.05, 4.69) is 22.5 Å². The molecule has 0 bridgehead atoms. The minimum atomic E-state index is 0.0350. The van der Waals surface area contributed by atoms with Gasteiger partial charge in [0.1, 0.15) is 5.82 Å². The third kappa shape index (κ3) is 2.70. The summed E-state index contributed by atoms with van der Waals surface area (Å²) in [6.45, 7) is 0. The number of hydrogen-bond donors (Lipinski definition) is 2. The molecule has 128 valence electrons. The Labute approximate surface area is 154 Å². The molecule has 0 aliphatic heterocycles. The molecule has 0 saturated carbocycles. The standard InChI is InChI=1S/C20H17N5S/c1-24(16-5-3-2-4-6-16)19-17-8-7-14(15-9-10-26-12-15)11-18(17)25(13-21)20(22)23-19/h2-13,21-22H,1H3. The molecular weight excluding hydrogens is 342 g/mol. The van der Waals surface area contributed by atoms with Gasteiger partial charge in [-0.1, -0.05) is 24.3 Å². The first-order chi connectivity index (χ1) is 12.7. The number of fused-ring (bicyclic) bond motifs is 1. The highest BCUT2D eigenvalue weighted by Crippen LogP contribution is 2.31. The number of benzene rings is 2. The van der Waals surface area contributed by atoms with Crippen molar-refractivity contribution in [2.24, 2.45) is 0 Å². The van der Waals surface area contributed by atoms with E-state index in [9.17, 15) is 0 Å². The third-order valence-corrected chi connectivity index (χ3v) is 5.07. The number of aromatic nitrogens is 2. The maximum absolute atomic E-state index is 8.27. The van der Waals surface area contributed by atoms with Crippen molar-refractivity contribution in [1.29, 1.82) is 10.8 Å². The van der Waals surface area contributed by atoms with Gasteiger partial charge in [-0.05, 0) is 52.2 Å². The molecule has 6 heteroatoms. The summed E-state index contributed by atoms with van der Waals surface area (Å²) in [5, 5.41) is 21.0. The van der Waals surface area contributed by atoms with Crippen molar-refractivity contribution in [3.05, 3.63) is 71.0 Å². The van der Waals surface area contributed by atoms with Crippen LogP contribution >= 0.6 is 11.3 Å². The van der Waals surface area contributed by atoms with Crippen LogP contribution in [0.4, 0.5) is 11.5 Å². The molecule has 4 aromatic rings. The lowest BCUT2D eigenvalue weighted by molar-refractivity contribution is 0.915. The minimum Gasteiger partial charge on any atom is -0.329 e. The molecule has 0 aliphatic rings. The molecule has 5 nitrogen and oxygen atoms in total. The van der Waals surface area contributed by atoms with Gasteiger partial charge in [-0.3, -0.25) is 15.4 Å². The van der Waals surface area contributed by atoms with Crippen molar-refractivity contribution in [2.45, 2.75) is 0 Å². The summed E-state index contributed by atoms with van der Waals surface area (Å²) in [6, 6.07) is 18.1. The molecule has 0 unspecified atom stereocenters. The topological polar surface area (TPSA) is 68.8 Å². The highest BCUT2D eigenvalue weighted by molar-refractivity contribution is 7.08. The first-order valence-corrected chi connectivity index (χ1v) is 9.06. The number of rotatable bonds is 4. The molecule has 0 spiro atoms. The summed E-state index contributed by atoms with van der Waals surface area (Å²) in [5.74, 6) is 0.700. The van der Waals surface area contributed by atoms with Crippen LogP contribution in [0.3, 0.4) is 0 Å². The van der Waals surface area contributed by atoms with E-state index in [1.165, 1.54) is 4.57 Å². The van der Waals surface area contributed by atoms with E-state index in [0.717, 1.165) is 34.1 Å². The second kappa shape index (κ2) is 6.57. The number of para-hydroxylation sites is 1. The van der Waals surface area contributed by atoms with E-state index < -0.39 is 0 Å². The van der Waals surface area contributed by atoms with Crippen molar-refractivity contribution in [3.63, 3.8) is 0 Å². The fourth-order valence-corrected chi connectivity index (χ4v) is 3.68. The fraction of sp³-hybridized carbons (Fsp3) is 0.0500. The number of hydrogen-bond acceptors (Lipinski definition) is 5. The Balaban J connectivity index is 1.98. The molecule has 0 fully saturated rings. The van der Waals surface area contributed by atoms with Gasteiger partial charge in [-0.2, -0.15) is 16.3 Å². The van der Waals surface area contributed by atoms with Crippen LogP contribution in [-0.2, 0) is 0 Å². The van der Waals surface area contributed by atoms with Gasteiger partial charge in [0.15, 0.2) is 0 Å². The zero-order chi connectivity index (χ0) is 18.1. The summed E-state index contributed by atoms with van der Waals surface area (Å²) in [6.07, 6.45) is 1.14. The van der Waals surface area contributed by atoms with Crippen LogP contribution in [0.5, 0.6) is 0 Å². The van der Waals surface area contributed by atoms with Gasteiger partial charge in [-0.15, -0.1) is 0 Å². The van der Waals surface area contributed by atoms with Crippen LogP contribution in [0.25, 0.3) is 22.0 Å². The quantitative estimate of drug-likeness (QED) is 0.417. The molecule has 0 saturated heterocycles. The molecule has 26 heavy (non-hydrogen) atoms. The molecule has 2 heterocycles. The van der Waals surface area contributed by atoms with E-state index in [1.54, 1.807) is 11.3 Å². The van der Waals surface area contributed by atoms with E-state index in [1.807, 2.05) is 59.8 Å². The summed E-state index contributed by atoms with van der Waals surface area (Å²) in [4.78, 5) is 6.42. The second-order valence-corrected chi connectivity index (χ2v) is 6.68. The van der Waals surface area contributed by atoms with E-state index in [0.29, 0.717) is 5.82 Å². The molecule has 0 atom stereocenters. The smallest absolute Gasteiger partial charge is 0.229 e. The van der Waals surface area contributed by atoms with E-state index >= 15 is 0 Å². The van der Waals surface area contributed by atoms with Crippen molar-refractivity contribution < 1.29 is 0 Å². The van der Waals surface area contributed by atoms with Crippen LogP contribution in [0, 0.1) is 10.8 Å². The lowest BCUT2D eigenvalue weighted by Crippen LogP contribution is -2.26. The first-order valence-electron chi connectivity index (χ1n) is 8.12. The van der Waals surface area contributed by atoms with Crippen molar-refractivity contribution in [1.82, 2.24) is 9.55 Å². The van der Waals surface area contributed by atoms with Gasteiger partial charge in [0.05, 0.1) is 11.9 Å². The Kier molecular flexibility index (Phi) is 4.10. The van der Waals surface area contributed by atoms with Crippen LogP contribution < -0.4 is 10.5 Å². The lowest BCUT2D eigenvalue weighted by Gasteiger charge is -2.21. The minimum absolute atomic E-state index is 0.0350. The van der Waals surface area contributed by atoms with Crippen molar-refractivity contribution in [2.75, 3.05) is 11.9 Å². The average molecular weight is 359 g/mol. The Morgan fingerprint density at radius 3 is 2.58 bits per heavy atom. The molecule has 2 aromatic carbocycles. The van der Waals surface area contributed by atoms with Gasteiger partial charge in [0, 0.05) is 18.1 Å². The number of nitrogens with one attached hydrogen (secondary N) is 2. The maximum atomic E-state index is 8.27. The molecule has 0 aliphatic carbocycles. The first kappa shape index (κ1) is 16.2. The summed E-state index contributed by atoms with van der Waals surface area (Å²) >= 11 is 1.65. The van der Waals surface area contributed by atoms with Gasteiger partial charge >= 0.3 is 0 Å². The van der Waals surface area contributed by atoms with Crippen molar-refractivity contribution >= 4 is 40.1 Å². The SMILES string of the molecule is CN(c1ccccc1)c1nc(=N)n(C=N)c2cc(-c3ccsc3)ccc12. The normalized spacial score (nSPS) is 10.8. The predicted molar refractivity (Wildman–Crippen MR) is 108 cm³/mol. The van der Waals surface area contributed by atoms with Crippen LogP contribution in [-0.4, -0.2) is 22.9 Å². The zero-order valence-corrected chi connectivity index (χ0v) is 15.0. The van der Waals surface area contributed by atoms with Crippen LogP contribution in [0.15, 0.2) is 65.4 Å². The van der Waals surface area contributed by atoms with E-state index in [-0.39, 0.29) is 5.62 Å². The van der Waals surface area contributed by atoms with Gasteiger partial charge in [0.25, 0.3) is 0 Å². The van der Waals surface area contributed by atoms with Gasteiger partial charge in [-0.25, -0.2) is 0 Å². The Morgan fingerprint density at radius 1 is 1.08 bits per heavy atom. The zero-order valence-electron chi connectivity index (χ0n) is 14.2. The molecule has 0 radical (unpaired) electrons. The van der Waals surface area contributed by atoms with Crippen LogP contribution in [0.2, 0.25) is 0 Å². The fourth-order valence-electron chi connectivity index (χ4n) is 3.02. The highest BCUT2D eigenvalue weighted by Gasteiger charge is 2.14. The molecule has 2 aromatic heterocycles. The van der Waals surface area contributed by atoms with E-state index in [4.69, 9.17) is 10.8 Å². The largest absolute Gasteiger partial charge is 0.329 e. The number of anilines is 2. The summed E-state index contributed by atoms with van der Waals surface area (Å²) < 4.78 is 1.49. The van der Waals surface area contributed by atoms with Crippen LogP contribution in [0.1, 0.15) is 0 Å². The van der Waals surface area contributed by atoms with Gasteiger partial charge in [0.2, 0.25) is 5.62 Å². The van der Waals surface area contributed by atoms with Crippen molar-refractivity contribution in [3.8, 4) is 11.1 Å². The lowest BCUT2D eigenvalue weighted by atomic mass is 10.1. The number of nitrogens with zero attached hydrogens (tertiary/aromatic N) is 3. The summed E-state index contributed by atoms with van der Waals surface area (Å²) in [5.41, 5.74) is 4.02. The Morgan fingerprint density at radius 2 is 1.88 bits per heavy atom. The monoisotopic (exact) mass is 359 g/mol. The third-order valence-electron chi connectivity index (χ3n) is 4.38. The summed E-state index contributed by atoms with van der Waals surface area (Å²) in [7, 11) is 1.94. The molecule has 2 N–H and O–H groups in total. The Hall–Kier alpha value is -3.25. The highest BCUT2D eigenvalue weighted by atomic mass is 32.1.